The molecule has 0 nitrogen and oxygen atoms in total. The molecule has 0 bridgehead atoms. The first-order valence-electron chi connectivity index (χ1n) is 11.1. The van der Waals surface area contributed by atoms with Gasteiger partial charge in [-0.05, 0) is 30.2 Å². The van der Waals surface area contributed by atoms with E-state index in [2.05, 4.69) is 125 Å². The fourth-order valence-corrected chi connectivity index (χ4v) is 20.2. The molecule has 0 aliphatic rings. The second kappa shape index (κ2) is 12.7. The van der Waals surface area contributed by atoms with Crippen molar-refractivity contribution in [2.45, 2.75) is 155 Å². The summed E-state index contributed by atoms with van der Waals surface area (Å²) in [6, 6.07) is 0. The van der Waals surface area contributed by atoms with E-state index in [9.17, 15) is 0 Å². The third-order valence-electron chi connectivity index (χ3n) is 4.50. The summed E-state index contributed by atoms with van der Waals surface area (Å²) < 4.78 is 0. The van der Waals surface area contributed by atoms with E-state index in [1.165, 1.54) is 0 Å². The van der Waals surface area contributed by atoms with Crippen molar-refractivity contribution < 1.29 is 0 Å². The van der Waals surface area contributed by atoms with Gasteiger partial charge < -0.3 is 0 Å². The predicted octanol–water partition coefficient (Wildman–Crippen LogP) is 10.4. The molecular weight excluding hydrogens is 561 g/mol. The maximum atomic E-state index is 5.21. The molecule has 0 heterocycles. The molecular formula is C24H54Cl2Ge2Si2. The monoisotopic (exact) mass is 616 g/mol. The number of rotatable bonds is 0. The third-order valence-corrected chi connectivity index (χ3v) is 13.5. The van der Waals surface area contributed by atoms with Crippen molar-refractivity contribution in [1.29, 1.82) is 0 Å². The Labute approximate surface area is 215 Å². The van der Waals surface area contributed by atoms with Gasteiger partial charge in [0.1, 0.15) is 0 Å². The maximum absolute atomic E-state index is 5.21. The first kappa shape index (κ1) is 36.7. The Morgan fingerprint density at radius 1 is 0.400 bits per heavy atom. The van der Waals surface area contributed by atoms with Gasteiger partial charge >= 0.3 is 44.0 Å². The van der Waals surface area contributed by atoms with Crippen LogP contribution in [0.25, 0.3) is 0 Å². The van der Waals surface area contributed by atoms with E-state index in [1.807, 2.05) is 14.0 Å². The molecule has 0 aromatic rings. The van der Waals surface area contributed by atoms with Crippen LogP contribution in [0.15, 0.2) is 0 Å². The summed E-state index contributed by atoms with van der Waals surface area (Å²) in [5.74, 6) is 0. The van der Waals surface area contributed by atoms with E-state index < -0.39 is 27.6 Å². The van der Waals surface area contributed by atoms with Crippen LogP contribution in [0.2, 0.25) is 30.2 Å². The summed E-state index contributed by atoms with van der Waals surface area (Å²) in [6.07, 6.45) is 0. The Kier molecular flexibility index (Phi) is 15.5. The molecule has 0 rings (SSSR count). The van der Waals surface area contributed by atoms with Gasteiger partial charge in [0.25, 0.3) is 0 Å². The van der Waals surface area contributed by atoms with Crippen molar-refractivity contribution in [3.05, 3.63) is 0 Å². The summed E-state index contributed by atoms with van der Waals surface area (Å²) in [5.41, 5.74) is 0. The van der Waals surface area contributed by atoms with Gasteiger partial charge in [0.15, 0.2) is 0 Å². The molecule has 0 saturated carbocycles. The molecule has 0 fully saturated rings. The van der Waals surface area contributed by atoms with Crippen LogP contribution in [0, 0.1) is 0 Å². The van der Waals surface area contributed by atoms with Crippen LogP contribution in [0.5, 0.6) is 0 Å². The molecule has 0 aliphatic heterocycles. The SMILES string of the molecule is CC(C)(C)[Si](C(C)(C)C)C(C)(C)C.CC(C)(C)[Si](C(C)(C)C)C(C)(C)C.[Cl][Ge]([Cl])=[Ge]. The minimum absolute atomic E-state index is 0.391. The Balaban J connectivity index is -0.000000412. The van der Waals surface area contributed by atoms with Gasteiger partial charge in [0.05, 0.1) is 17.6 Å². The number of halogens is 2. The molecule has 4 radical (unpaired) electrons. The van der Waals surface area contributed by atoms with Crippen molar-refractivity contribution in [3.63, 3.8) is 0 Å². The van der Waals surface area contributed by atoms with Crippen LogP contribution >= 0.6 is 20.0 Å². The first-order valence-corrected chi connectivity index (χ1v) is 26.1. The Hall–Kier alpha value is 2.10. The summed E-state index contributed by atoms with van der Waals surface area (Å²) in [7, 11) is 8.24. The molecule has 180 valence electrons. The van der Waals surface area contributed by atoms with Crippen molar-refractivity contribution in [2.75, 3.05) is 0 Å². The van der Waals surface area contributed by atoms with E-state index >= 15 is 0 Å². The van der Waals surface area contributed by atoms with Crippen LogP contribution in [0.4, 0.5) is 0 Å². The number of hydrogen-bond donors (Lipinski definition) is 0. The molecule has 0 aromatic carbocycles. The summed E-state index contributed by atoms with van der Waals surface area (Å²) in [6.45, 7) is 43.2. The zero-order valence-electron chi connectivity index (χ0n) is 23.8. The van der Waals surface area contributed by atoms with E-state index in [0.717, 1.165) is 0 Å². The van der Waals surface area contributed by atoms with Gasteiger partial charge in [-0.25, -0.2) is 0 Å². The van der Waals surface area contributed by atoms with Crippen LogP contribution in [-0.2, 0) is 0 Å². The minimum atomic E-state index is -1.39. The zero-order chi connectivity index (χ0) is 25.7. The Morgan fingerprint density at radius 2 is 0.467 bits per heavy atom. The Bertz CT molecular complexity index is 394. The molecule has 0 aromatic heterocycles. The quantitative estimate of drug-likeness (QED) is 0.238. The molecule has 0 spiro atoms. The Morgan fingerprint density at radius 3 is 0.467 bits per heavy atom. The summed E-state index contributed by atoms with van der Waals surface area (Å²) in [4.78, 5) is 0. The number of hydrogen-bond acceptors (Lipinski definition) is 0. The van der Waals surface area contributed by atoms with E-state index in [0.29, 0.717) is 30.2 Å². The average molecular weight is 615 g/mol. The molecule has 0 unspecified atom stereocenters. The fraction of sp³-hybridized carbons (Fsp3) is 1.00. The van der Waals surface area contributed by atoms with Crippen LogP contribution < -0.4 is 0 Å². The average Bonchev–Trinajstić information content (AvgIpc) is 2.11. The van der Waals surface area contributed by atoms with Gasteiger partial charge in [-0.2, -0.15) is 0 Å². The van der Waals surface area contributed by atoms with Crippen molar-refractivity contribution in [2.24, 2.45) is 0 Å². The van der Waals surface area contributed by atoms with Gasteiger partial charge in [-0.15, -0.1) is 0 Å². The molecule has 0 N–H and O–H groups in total. The molecule has 0 amide bonds. The second-order valence-electron chi connectivity index (χ2n) is 14.5. The topological polar surface area (TPSA) is 0 Å². The predicted molar refractivity (Wildman–Crippen MR) is 153 cm³/mol. The summed E-state index contributed by atoms with van der Waals surface area (Å²) >= 11 is 1.86. The second-order valence-corrected chi connectivity index (χ2v) is 43.4. The van der Waals surface area contributed by atoms with Crippen LogP contribution in [-0.4, -0.2) is 41.6 Å². The van der Waals surface area contributed by atoms with E-state index in [1.54, 1.807) is 0 Å². The van der Waals surface area contributed by atoms with Crippen LogP contribution in [0.1, 0.15) is 125 Å². The van der Waals surface area contributed by atoms with Crippen LogP contribution in [0.3, 0.4) is 0 Å². The molecule has 0 saturated heterocycles. The zero-order valence-corrected chi connectivity index (χ0v) is 31.5. The van der Waals surface area contributed by atoms with Gasteiger partial charge in [0.2, 0.25) is 0 Å². The van der Waals surface area contributed by atoms with Crippen molar-refractivity contribution >= 4 is 61.6 Å². The van der Waals surface area contributed by atoms with Gasteiger partial charge in [-0.3, -0.25) is 0 Å². The fourth-order valence-electron chi connectivity index (χ4n) is 6.75. The molecule has 0 aliphatic carbocycles. The van der Waals surface area contributed by atoms with Gasteiger partial charge in [-0.1, -0.05) is 125 Å². The summed E-state index contributed by atoms with van der Waals surface area (Å²) in [5, 5.41) is 2.92. The van der Waals surface area contributed by atoms with Crippen molar-refractivity contribution in [3.8, 4) is 0 Å². The standard InChI is InChI=1S/2C12H27Si.Cl2Ge2/c2*1-10(2,3)13(11(4,5)6)12(7,8)9;1-4(2)3/h2*1-9H3;. The van der Waals surface area contributed by atoms with Gasteiger partial charge in [0, 0.05) is 0 Å². The molecule has 6 heteroatoms. The van der Waals surface area contributed by atoms with E-state index in [4.69, 9.17) is 20.0 Å². The molecule has 0 atom stereocenters. The van der Waals surface area contributed by atoms with E-state index in [-0.39, 0.29) is 0 Å². The van der Waals surface area contributed by atoms with Crippen molar-refractivity contribution in [1.82, 2.24) is 0 Å². The first-order chi connectivity index (χ1) is 12.5. The normalized spacial score (nSPS) is 14.1. The third kappa shape index (κ3) is 17.6. The molecule has 30 heavy (non-hydrogen) atoms.